The average Bonchev–Trinajstić information content (AvgIpc) is 2.39. The van der Waals surface area contributed by atoms with E-state index in [0.717, 1.165) is 0 Å². The summed E-state index contributed by atoms with van der Waals surface area (Å²) >= 11 is 0. The van der Waals surface area contributed by atoms with E-state index in [0.29, 0.717) is 19.8 Å². The predicted molar refractivity (Wildman–Crippen MR) is 83.5 cm³/mol. The first-order valence-corrected chi connectivity index (χ1v) is 9.26. The third kappa shape index (κ3) is 3.38. The molecule has 0 unspecified atom stereocenters. The van der Waals surface area contributed by atoms with Gasteiger partial charge < -0.3 is 13.3 Å². The van der Waals surface area contributed by atoms with Crippen LogP contribution in [0.1, 0.15) is 37.5 Å². The second-order valence-corrected chi connectivity index (χ2v) is 7.13. The zero-order valence-corrected chi connectivity index (χ0v) is 13.6. The lowest BCUT2D eigenvalue weighted by Gasteiger charge is -2.26. The molecule has 3 nitrogen and oxygen atoms in total. The second kappa shape index (κ2) is 7.18. The van der Waals surface area contributed by atoms with Gasteiger partial charge in [0.1, 0.15) is 0 Å². The van der Waals surface area contributed by atoms with E-state index in [1.165, 1.54) is 29.5 Å². The molecule has 0 aromatic heterocycles. The number of fused-ring (bicyclic) bond motifs is 1. The van der Waals surface area contributed by atoms with Crippen molar-refractivity contribution in [2.75, 3.05) is 19.8 Å². The maximum absolute atomic E-state index is 5.83. The normalized spacial score (nSPS) is 14.3. The Balaban J connectivity index is 2.21. The van der Waals surface area contributed by atoms with Crippen molar-refractivity contribution in [3.05, 3.63) is 40.6 Å². The molecule has 0 heterocycles. The van der Waals surface area contributed by atoms with E-state index < -0.39 is 8.80 Å². The highest BCUT2D eigenvalue weighted by Crippen LogP contribution is 2.27. The van der Waals surface area contributed by atoms with Crippen LogP contribution < -0.4 is 0 Å². The summed E-state index contributed by atoms with van der Waals surface area (Å²) in [5, 5.41) is 0. The van der Waals surface area contributed by atoms with Crippen molar-refractivity contribution in [2.45, 2.75) is 33.6 Å². The van der Waals surface area contributed by atoms with Crippen molar-refractivity contribution in [3.63, 3.8) is 0 Å². The van der Waals surface area contributed by atoms with Gasteiger partial charge in [-0.15, -0.1) is 0 Å². The van der Waals surface area contributed by atoms with Crippen LogP contribution in [0.2, 0.25) is 0 Å². The maximum atomic E-state index is 5.83. The van der Waals surface area contributed by atoms with E-state index in [4.69, 9.17) is 13.3 Å². The number of aryl methyl sites for hydroxylation is 1. The minimum Gasteiger partial charge on any atom is -0.371 e. The minimum atomic E-state index is -2.68. The Morgan fingerprint density at radius 2 is 1.65 bits per heavy atom. The molecule has 0 fully saturated rings. The van der Waals surface area contributed by atoms with Crippen molar-refractivity contribution >= 4 is 14.9 Å². The Bertz CT molecular complexity index is 454. The number of benzene rings is 1. The zero-order chi connectivity index (χ0) is 14.4. The predicted octanol–water partition coefficient (Wildman–Crippen LogP) is 3.39. The van der Waals surface area contributed by atoms with Crippen molar-refractivity contribution in [1.82, 2.24) is 0 Å². The highest BCUT2D eigenvalue weighted by atomic mass is 28.4. The molecule has 0 N–H and O–H groups in total. The second-order valence-electron chi connectivity index (χ2n) is 4.72. The standard InChI is InChI=1S/C16H24O3Si/c1-4-17-20(18-5-2,19-6-3)13-12-15-9-7-8-14-10-11-16(14)15/h7-9,12-13H,4-6,10-11H2,1-3H3. The Morgan fingerprint density at radius 3 is 2.15 bits per heavy atom. The van der Waals surface area contributed by atoms with Gasteiger partial charge in [0.2, 0.25) is 0 Å². The van der Waals surface area contributed by atoms with Gasteiger partial charge in [0.15, 0.2) is 0 Å². The smallest absolute Gasteiger partial charge is 0.371 e. The lowest BCUT2D eigenvalue weighted by Crippen LogP contribution is -2.44. The highest BCUT2D eigenvalue weighted by Gasteiger charge is 2.37. The monoisotopic (exact) mass is 292 g/mol. The van der Waals surface area contributed by atoms with E-state index >= 15 is 0 Å². The van der Waals surface area contributed by atoms with E-state index in [9.17, 15) is 0 Å². The van der Waals surface area contributed by atoms with Crippen LogP contribution in [0.5, 0.6) is 0 Å². The molecule has 20 heavy (non-hydrogen) atoms. The average molecular weight is 292 g/mol. The van der Waals surface area contributed by atoms with Crippen LogP contribution in [0.3, 0.4) is 0 Å². The van der Waals surface area contributed by atoms with Gasteiger partial charge in [0, 0.05) is 19.8 Å². The van der Waals surface area contributed by atoms with Gasteiger partial charge in [-0.2, -0.15) is 0 Å². The molecule has 4 heteroatoms. The van der Waals surface area contributed by atoms with Gasteiger partial charge in [-0.25, -0.2) is 0 Å². The van der Waals surface area contributed by atoms with Crippen molar-refractivity contribution in [2.24, 2.45) is 0 Å². The fraction of sp³-hybridized carbons (Fsp3) is 0.500. The van der Waals surface area contributed by atoms with Crippen LogP contribution in [0.25, 0.3) is 6.08 Å². The molecule has 1 aromatic rings. The number of hydrogen-bond acceptors (Lipinski definition) is 3. The van der Waals surface area contributed by atoms with E-state index in [1.807, 2.05) is 26.5 Å². The first-order chi connectivity index (χ1) is 9.74. The molecule has 0 bridgehead atoms. The maximum Gasteiger partial charge on any atom is 0.529 e. The van der Waals surface area contributed by atoms with Crippen molar-refractivity contribution in [3.8, 4) is 0 Å². The number of hydrogen-bond donors (Lipinski definition) is 0. The topological polar surface area (TPSA) is 27.7 Å². The van der Waals surface area contributed by atoms with Gasteiger partial charge >= 0.3 is 8.80 Å². The van der Waals surface area contributed by atoms with Gasteiger partial charge in [0.05, 0.1) is 0 Å². The molecular weight excluding hydrogens is 268 g/mol. The third-order valence-corrected chi connectivity index (χ3v) is 6.11. The third-order valence-electron chi connectivity index (χ3n) is 3.46. The van der Waals surface area contributed by atoms with Gasteiger partial charge in [-0.05, 0) is 56.0 Å². The minimum absolute atomic E-state index is 0.601. The lowest BCUT2D eigenvalue weighted by atomic mass is 9.85. The molecule has 0 saturated carbocycles. The van der Waals surface area contributed by atoms with Gasteiger partial charge in [0.25, 0.3) is 0 Å². The van der Waals surface area contributed by atoms with Crippen LogP contribution in [0.15, 0.2) is 23.9 Å². The molecular formula is C16H24O3Si. The van der Waals surface area contributed by atoms with Crippen LogP contribution in [0, 0.1) is 0 Å². The molecule has 0 aliphatic heterocycles. The van der Waals surface area contributed by atoms with Gasteiger partial charge in [-0.1, -0.05) is 24.3 Å². The summed E-state index contributed by atoms with van der Waals surface area (Å²) in [6.45, 7) is 7.73. The Labute approximate surface area is 122 Å². The van der Waals surface area contributed by atoms with Crippen LogP contribution in [0.4, 0.5) is 0 Å². The lowest BCUT2D eigenvalue weighted by molar-refractivity contribution is 0.0845. The SMILES string of the molecule is CCO[Si](C=Cc1cccc2c1CC2)(OCC)OCC. The first-order valence-electron chi connectivity index (χ1n) is 7.46. The molecule has 1 aliphatic carbocycles. The molecule has 0 atom stereocenters. The van der Waals surface area contributed by atoms with Crippen LogP contribution >= 0.6 is 0 Å². The molecule has 110 valence electrons. The quantitative estimate of drug-likeness (QED) is 0.687. The zero-order valence-electron chi connectivity index (χ0n) is 12.6. The largest absolute Gasteiger partial charge is 0.529 e. The molecule has 1 aliphatic rings. The van der Waals surface area contributed by atoms with Gasteiger partial charge in [-0.3, -0.25) is 0 Å². The van der Waals surface area contributed by atoms with Crippen molar-refractivity contribution in [1.29, 1.82) is 0 Å². The summed E-state index contributed by atoms with van der Waals surface area (Å²) in [7, 11) is -2.68. The summed E-state index contributed by atoms with van der Waals surface area (Å²) in [5.74, 6) is 0. The summed E-state index contributed by atoms with van der Waals surface area (Å²) in [4.78, 5) is 0. The highest BCUT2D eigenvalue weighted by molar-refractivity contribution is 6.67. The molecule has 2 rings (SSSR count). The molecule has 0 radical (unpaired) electrons. The number of rotatable bonds is 8. The molecule has 1 aromatic carbocycles. The van der Waals surface area contributed by atoms with Crippen molar-refractivity contribution < 1.29 is 13.3 Å². The summed E-state index contributed by atoms with van der Waals surface area (Å²) in [5.41, 5.74) is 6.21. The molecule has 0 spiro atoms. The fourth-order valence-corrected chi connectivity index (χ4v) is 4.63. The van der Waals surface area contributed by atoms with Crippen LogP contribution in [-0.4, -0.2) is 28.6 Å². The Kier molecular flexibility index (Phi) is 5.54. The summed E-state index contributed by atoms with van der Waals surface area (Å²) in [6, 6.07) is 6.47. The summed E-state index contributed by atoms with van der Waals surface area (Å²) in [6.07, 6.45) is 4.48. The fourth-order valence-electron chi connectivity index (χ4n) is 2.50. The summed E-state index contributed by atoms with van der Waals surface area (Å²) < 4.78 is 17.5. The van der Waals surface area contributed by atoms with E-state index in [-0.39, 0.29) is 0 Å². The van der Waals surface area contributed by atoms with Crippen LogP contribution in [-0.2, 0) is 26.1 Å². The Morgan fingerprint density at radius 1 is 1.00 bits per heavy atom. The Hall–Kier alpha value is -0.943. The first kappa shape index (κ1) is 15.4. The van der Waals surface area contributed by atoms with E-state index in [1.54, 1.807) is 0 Å². The molecule has 0 amide bonds. The molecule has 0 saturated heterocycles. The van der Waals surface area contributed by atoms with E-state index in [2.05, 4.69) is 24.3 Å².